The summed E-state index contributed by atoms with van der Waals surface area (Å²) in [5.74, 6) is -2.22. The number of unbranched alkanes of at least 4 members (excludes halogenated alkanes) is 31. The molecule has 0 rings (SSSR count). The molecule has 0 aromatic heterocycles. The number of rotatable bonds is 71. The van der Waals surface area contributed by atoms with E-state index in [2.05, 4.69) is 113 Å². The summed E-state index contributed by atoms with van der Waals surface area (Å²) < 4.78 is 68.4. The monoisotopic (exact) mass is 1390 g/mol. The van der Waals surface area contributed by atoms with E-state index in [0.29, 0.717) is 25.7 Å². The number of aliphatic hydroxyl groups is 1. The van der Waals surface area contributed by atoms with Crippen LogP contribution in [0.3, 0.4) is 0 Å². The fourth-order valence-corrected chi connectivity index (χ4v) is 11.6. The molecule has 0 aromatic rings. The Morgan fingerprint density at radius 1 is 0.302 bits per heavy atom. The summed E-state index contributed by atoms with van der Waals surface area (Å²) in [7, 11) is -9.95. The number of phosphoric ester groups is 2. The maximum absolute atomic E-state index is 13.1. The Labute approximate surface area is 583 Å². The smallest absolute Gasteiger partial charge is 0.462 e. The van der Waals surface area contributed by atoms with E-state index in [1.54, 1.807) is 0 Å². The molecule has 0 saturated heterocycles. The first-order chi connectivity index (χ1) is 46.7. The van der Waals surface area contributed by atoms with Gasteiger partial charge in [0, 0.05) is 25.7 Å². The van der Waals surface area contributed by atoms with Gasteiger partial charge in [-0.1, -0.05) is 248 Å². The average Bonchev–Trinajstić information content (AvgIpc) is 1.17. The van der Waals surface area contributed by atoms with E-state index in [-0.39, 0.29) is 25.7 Å². The van der Waals surface area contributed by atoms with Crippen LogP contribution in [0.2, 0.25) is 0 Å². The normalized spacial score (nSPS) is 14.4. The Balaban J connectivity index is 5.33. The Kier molecular flexibility index (Phi) is 67.0. The van der Waals surface area contributed by atoms with E-state index >= 15 is 0 Å². The third kappa shape index (κ3) is 68.8. The second-order valence-electron chi connectivity index (χ2n) is 25.2. The number of phosphoric acid groups is 2. The van der Waals surface area contributed by atoms with Gasteiger partial charge in [-0.25, -0.2) is 9.13 Å². The molecule has 0 bridgehead atoms. The van der Waals surface area contributed by atoms with Crippen LogP contribution in [0, 0.1) is 0 Å². The van der Waals surface area contributed by atoms with Gasteiger partial charge < -0.3 is 33.8 Å². The Hall–Kier alpha value is -3.76. The van der Waals surface area contributed by atoms with Crippen molar-refractivity contribution in [3.63, 3.8) is 0 Å². The Morgan fingerprint density at radius 2 is 0.552 bits per heavy atom. The maximum Gasteiger partial charge on any atom is 0.472 e. The van der Waals surface area contributed by atoms with Crippen LogP contribution in [0.1, 0.15) is 323 Å². The van der Waals surface area contributed by atoms with E-state index < -0.39 is 97.5 Å². The third-order valence-corrected chi connectivity index (χ3v) is 17.7. The van der Waals surface area contributed by atoms with Gasteiger partial charge in [0.15, 0.2) is 12.2 Å². The van der Waals surface area contributed by atoms with Crippen molar-refractivity contribution in [2.24, 2.45) is 0 Å². The molecule has 0 aliphatic rings. The zero-order valence-electron chi connectivity index (χ0n) is 60.5. The molecule has 0 amide bonds. The highest BCUT2D eigenvalue weighted by atomic mass is 31.2. The predicted octanol–water partition coefficient (Wildman–Crippen LogP) is 21.4. The van der Waals surface area contributed by atoms with Crippen LogP contribution in [0.5, 0.6) is 0 Å². The quantitative estimate of drug-likeness (QED) is 0.0169. The lowest BCUT2D eigenvalue weighted by Gasteiger charge is -2.21. The number of hydrogen-bond acceptors (Lipinski definition) is 15. The summed E-state index contributed by atoms with van der Waals surface area (Å²) >= 11 is 0. The van der Waals surface area contributed by atoms with Crippen LogP contribution < -0.4 is 0 Å². The standard InChI is InChI=1S/C77H136O17P2/c1-5-9-13-17-21-25-29-32-34-35-37-40-43-46-50-54-58-62-75(80)88-68-73(94-77(82)64-60-56-52-48-44-38-31-27-23-19-15-11-7-3)70-92-96(85,86)90-66-71(78)65-89-95(83,84)91-69-72(93-76(81)63-59-55-51-47-41-28-24-20-16-12-8-4)67-87-74(79)61-57-53-49-45-42-39-36-33-30-26-22-18-14-10-6-2/h9,13,20-21,24-25,27,31-34,36-37,40,71-73,78H,5-8,10-12,14-19,22-23,26,28-30,35,38-39,41-70H2,1-4H3,(H,83,84)(H,85,86)/b13-9-,24-20-,25-21-,31-27-,34-32-,36-33-,40-37-. The van der Waals surface area contributed by atoms with Gasteiger partial charge in [0.25, 0.3) is 0 Å². The fraction of sp³-hybridized carbons (Fsp3) is 0.766. The van der Waals surface area contributed by atoms with Gasteiger partial charge >= 0.3 is 39.5 Å². The highest BCUT2D eigenvalue weighted by molar-refractivity contribution is 7.47. The van der Waals surface area contributed by atoms with Crippen LogP contribution in [0.25, 0.3) is 0 Å². The molecule has 0 heterocycles. The Morgan fingerprint density at radius 3 is 0.885 bits per heavy atom. The van der Waals surface area contributed by atoms with Crippen molar-refractivity contribution < 1.29 is 80.2 Å². The van der Waals surface area contributed by atoms with Gasteiger partial charge in [-0.15, -0.1) is 0 Å². The molecule has 0 aromatic carbocycles. The number of carbonyl (C=O) groups excluding carboxylic acids is 4. The van der Waals surface area contributed by atoms with E-state index in [1.807, 2.05) is 0 Å². The van der Waals surface area contributed by atoms with Crippen molar-refractivity contribution in [1.82, 2.24) is 0 Å². The van der Waals surface area contributed by atoms with Crippen LogP contribution in [-0.2, 0) is 65.4 Å². The predicted molar refractivity (Wildman–Crippen MR) is 390 cm³/mol. The lowest BCUT2D eigenvalue weighted by Crippen LogP contribution is -2.30. The summed E-state index contributed by atoms with van der Waals surface area (Å²) in [6, 6.07) is 0. The maximum atomic E-state index is 13.1. The number of hydrogen-bond donors (Lipinski definition) is 3. The summed E-state index contributed by atoms with van der Waals surface area (Å²) in [4.78, 5) is 72.7. The molecule has 0 saturated carbocycles. The summed E-state index contributed by atoms with van der Waals surface area (Å²) in [5, 5.41) is 10.6. The molecule has 3 N–H and O–H groups in total. The fourth-order valence-electron chi connectivity index (χ4n) is 10.0. The van der Waals surface area contributed by atoms with Gasteiger partial charge in [0.05, 0.1) is 26.4 Å². The molecular weight excluding hydrogens is 1260 g/mol. The first kappa shape index (κ1) is 92.2. The van der Waals surface area contributed by atoms with Gasteiger partial charge in [-0.3, -0.25) is 37.3 Å². The van der Waals surface area contributed by atoms with E-state index in [4.69, 9.17) is 37.0 Å². The van der Waals surface area contributed by atoms with Crippen molar-refractivity contribution in [2.75, 3.05) is 39.6 Å². The molecule has 17 nitrogen and oxygen atoms in total. The summed E-state index contributed by atoms with van der Waals surface area (Å²) in [6.07, 6.45) is 70.1. The van der Waals surface area contributed by atoms with Crippen molar-refractivity contribution in [3.8, 4) is 0 Å². The molecule has 0 spiro atoms. The molecular formula is C77H136O17P2. The van der Waals surface area contributed by atoms with Gasteiger partial charge in [-0.05, 0) is 135 Å². The van der Waals surface area contributed by atoms with Crippen LogP contribution in [-0.4, -0.2) is 96.7 Å². The minimum atomic E-state index is -4.98. The van der Waals surface area contributed by atoms with Gasteiger partial charge in [0.2, 0.25) is 0 Å². The van der Waals surface area contributed by atoms with E-state index in [0.717, 1.165) is 167 Å². The Bertz CT molecular complexity index is 2160. The minimum Gasteiger partial charge on any atom is -0.462 e. The molecule has 0 aliphatic heterocycles. The van der Waals surface area contributed by atoms with Crippen molar-refractivity contribution in [3.05, 3.63) is 85.1 Å². The zero-order valence-corrected chi connectivity index (χ0v) is 62.3. The number of allylic oxidation sites excluding steroid dienone is 14. The average molecular weight is 1400 g/mol. The summed E-state index contributed by atoms with van der Waals surface area (Å²) in [6.45, 7) is 4.66. The zero-order chi connectivity index (χ0) is 70.4. The van der Waals surface area contributed by atoms with E-state index in [1.165, 1.54) is 77.0 Å². The topological polar surface area (TPSA) is 237 Å². The number of ether oxygens (including phenoxy) is 4. The number of aliphatic hydroxyl groups excluding tert-OH is 1. The van der Waals surface area contributed by atoms with Crippen LogP contribution in [0.15, 0.2) is 85.1 Å². The van der Waals surface area contributed by atoms with Crippen LogP contribution >= 0.6 is 15.6 Å². The van der Waals surface area contributed by atoms with Crippen molar-refractivity contribution >= 4 is 39.5 Å². The van der Waals surface area contributed by atoms with Gasteiger partial charge in [-0.2, -0.15) is 0 Å². The molecule has 5 unspecified atom stereocenters. The number of esters is 4. The summed E-state index contributed by atoms with van der Waals surface area (Å²) in [5.41, 5.74) is 0. The number of carbonyl (C=O) groups is 4. The van der Waals surface area contributed by atoms with Gasteiger partial charge in [0.1, 0.15) is 19.3 Å². The molecule has 0 aliphatic carbocycles. The van der Waals surface area contributed by atoms with Crippen LogP contribution in [0.4, 0.5) is 0 Å². The first-order valence-electron chi connectivity index (χ1n) is 37.8. The first-order valence-corrected chi connectivity index (χ1v) is 40.8. The highest BCUT2D eigenvalue weighted by Crippen LogP contribution is 2.45. The second-order valence-corrected chi connectivity index (χ2v) is 28.1. The SMILES string of the molecule is CC/C=C\C/C=C\C/C=C\C/C=C\CCCCCCC(=O)OCC(COP(=O)(O)OCC(O)COP(=O)(O)OCC(COC(=O)CCCCCCC/C=C\CCCCCCCC)OC(=O)CCCCCCC/C=C\CCCC)OC(=O)CCCCCCC/C=C\CCCCCC. The molecule has 96 heavy (non-hydrogen) atoms. The van der Waals surface area contributed by atoms with Crippen molar-refractivity contribution in [1.29, 1.82) is 0 Å². The van der Waals surface area contributed by atoms with E-state index in [9.17, 15) is 43.2 Å². The third-order valence-electron chi connectivity index (χ3n) is 15.8. The molecule has 19 heteroatoms. The molecule has 556 valence electrons. The lowest BCUT2D eigenvalue weighted by atomic mass is 10.1. The largest absolute Gasteiger partial charge is 0.472 e. The highest BCUT2D eigenvalue weighted by Gasteiger charge is 2.30. The van der Waals surface area contributed by atoms with Crippen molar-refractivity contribution in [2.45, 2.75) is 341 Å². The molecule has 0 radical (unpaired) electrons. The second kappa shape index (κ2) is 69.7. The molecule has 0 fully saturated rings. The minimum absolute atomic E-state index is 0.0799. The lowest BCUT2D eigenvalue weighted by molar-refractivity contribution is -0.161. The molecule has 5 atom stereocenters.